The maximum atomic E-state index is 13.5. The number of hydrogen-bond donors (Lipinski definition) is 2. The van der Waals surface area contributed by atoms with E-state index >= 15 is 0 Å². The van der Waals surface area contributed by atoms with Crippen molar-refractivity contribution in [1.29, 1.82) is 0 Å². The number of piperidine rings is 1. The summed E-state index contributed by atoms with van der Waals surface area (Å²) in [6, 6.07) is 9.15. The number of anilines is 2. The molecule has 1 aliphatic heterocycles. The largest absolute Gasteiger partial charge is 0.361 e. The zero-order valence-corrected chi connectivity index (χ0v) is 20.1. The van der Waals surface area contributed by atoms with Crippen LogP contribution in [0.4, 0.5) is 16.2 Å². The number of rotatable bonds is 5. The summed E-state index contributed by atoms with van der Waals surface area (Å²) in [7, 11) is 0. The molecule has 0 spiro atoms. The van der Waals surface area contributed by atoms with Gasteiger partial charge in [0.15, 0.2) is 5.11 Å². The van der Waals surface area contributed by atoms with E-state index in [1.807, 2.05) is 18.2 Å². The Morgan fingerprint density at radius 2 is 1.91 bits per heavy atom. The number of hydrogen-bond acceptors (Lipinski definition) is 4. The Morgan fingerprint density at radius 1 is 1.16 bits per heavy atom. The van der Waals surface area contributed by atoms with E-state index in [1.165, 1.54) is 12.8 Å². The molecule has 0 radical (unpaired) electrons. The van der Waals surface area contributed by atoms with E-state index in [9.17, 15) is 4.39 Å². The molecule has 1 aliphatic carbocycles. The van der Waals surface area contributed by atoms with E-state index in [-0.39, 0.29) is 11.2 Å². The molecule has 172 valence electrons. The minimum absolute atomic E-state index is 0.0543. The van der Waals surface area contributed by atoms with Gasteiger partial charge in [-0.2, -0.15) is 4.98 Å². The average molecular weight is 476 g/mol. The van der Waals surface area contributed by atoms with Crippen molar-refractivity contribution in [3.8, 4) is 0 Å². The van der Waals surface area contributed by atoms with Crippen molar-refractivity contribution in [2.24, 2.45) is 0 Å². The Balaban J connectivity index is 1.44. The molecule has 4 rings (SSSR count). The van der Waals surface area contributed by atoms with Gasteiger partial charge in [-0.05, 0) is 68.9 Å². The van der Waals surface area contributed by atoms with Crippen LogP contribution in [0.15, 0.2) is 30.3 Å². The molecule has 5 nitrogen and oxygen atoms in total. The summed E-state index contributed by atoms with van der Waals surface area (Å²) in [6.07, 6.45) is 9.21. The van der Waals surface area contributed by atoms with Crippen LogP contribution in [0.25, 0.3) is 0 Å². The second-order valence-electron chi connectivity index (χ2n) is 9.07. The van der Waals surface area contributed by atoms with Crippen molar-refractivity contribution in [3.05, 3.63) is 46.9 Å². The first-order valence-electron chi connectivity index (χ1n) is 11.6. The summed E-state index contributed by atoms with van der Waals surface area (Å²) >= 11 is 11.9. The molecule has 0 amide bonds. The molecular formula is C24H31ClFN5S. The maximum Gasteiger partial charge on any atom is 0.232 e. The van der Waals surface area contributed by atoms with E-state index in [1.54, 1.807) is 12.1 Å². The Kier molecular flexibility index (Phi) is 7.46. The van der Waals surface area contributed by atoms with Gasteiger partial charge in [0.05, 0.1) is 0 Å². The molecule has 2 N–H and O–H groups in total. The highest BCUT2D eigenvalue weighted by atomic mass is 35.5. The lowest BCUT2D eigenvalue weighted by atomic mass is 9.69. The fourth-order valence-electron chi connectivity index (χ4n) is 5.04. The van der Waals surface area contributed by atoms with Crippen molar-refractivity contribution in [2.45, 2.75) is 69.7 Å². The van der Waals surface area contributed by atoms with Crippen LogP contribution in [-0.2, 0) is 5.41 Å². The van der Waals surface area contributed by atoms with Gasteiger partial charge < -0.3 is 15.5 Å². The van der Waals surface area contributed by atoms with Crippen LogP contribution in [0.5, 0.6) is 0 Å². The van der Waals surface area contributed by atoms with Gasteiger partial charge in [0.2, 0.25) is 5.95 Å². The molecule has 1 aromatic heterocycles. The molecule has 1 saturated carbocycles. The van der Waals surface area contributed by atoms with Gasteiger partial charge in [0.25, 0.3) is 0 Å². The van der Waals surface area contributed by atoms with Gasteiger partial charge in [0.1, 0.15) is 16.8 Å². The number of aromatic nitrogens is 2. The molecule has 1 atom stereocenters. The third kappa shape index (κ3) is 5.49. The maximum absolute atomic E-state index is 13.5. The third-order valence-corrected chi connectivity index (χ3v) is 7.30. The van der Waals surface area contributed by atoms with Crippen molar-refractivity contribution in [2.75, 3.05) is 23.3 Å². The van der Waals surface area contributed by atoms with E-state index in [0.717, 1.165) is 56.5 Å². The Bertz CT molecular complexity index is 932. The van der Waals surface area contributed by atoms with E-state index in [4.69, 9.17) is 23.8 Å². The van der Waals surface area contributed by atoms with Crippen molar-refractivity contribution >= 4 is 40.7 Å². The first kappa shape index (κ1) is 23.2. The number of nitrogens with one attached hydrogen (secondary N) is 2. The standard InChI is InChI=1S/C24H31ClFN5S/c1-17-7-3-6-14-31(17)21-15-20(25)28-22(29-21)30-23(32)27-16-24(12-4-2-5-13-24)18-8-10-19(26)11-9-18/h8-11,15,17H,2-7,12-14,16H2,1H3,(H2,27,28,29,30,32). The topological polar surface area (TPSA) is 53.1 Å². The van der Waals surface area contributed by atoms with E-state index in [2.05, 4.69) is 32.4 Å². The molecule has 2 aromatic rings. The van der Waals surface area contributed by atoms with Gasteiger partial charge in [-0.3, -0.25) is 0 Å². The Hall–Kier alpha value is -1.99. The summed E-state index contributed by atoms with van der Waals surface area (Å²) in [5.74, 6) is 1.03. The first-order chi connectivity index (χ1) is 15.4. The van der Waals surface area contributed by atoms with Gasteiger partial charge >= 0.3 is 0 Å². The highest BCUT2D eigenvalue weighted by Gasteiger charge is 2.34. The zero-order chi connectivity index (χ0) is 22.6. The molecule has 2 fully saturated rings. The molecule has 1 unspecified atom stereocenters. The monoisotopic (exact) mass is 475 g/mol. The highest BCUT2D eigenvalue weighted by molar-refractivity contribution is 7.80. The van der Waals surface area contributed by atoms with Crippen LogP contribution in [0.1, 0.15) is 63.9 Å². The van der Waals surface area contributed by atoms with Crippen LogP contribution in [0.2, 0.25) is 5.15 Å². The predicted octanol–water partition coefficient (Wildman–Crippen LogP) is 5.84. The minimum Gasteiger partial charge on any atom is -0.361 e. The smallest absolute Gasteiger partial charge is 0.232 e. The summed E-state index contributed by atoms with van der Waals surface area (Å²) < 4.78 is 13.5. The normalized spacial score (nSPS) is 20.6. The zero-order valence-electron chi connectivity index (χ0n) is 18.5. The van der Waals surface area contributed by atoms with Gasteiger partial charge in [-0.1, -0.05) is 43.0 Å². The van der Waals surface area contributed by atoms with Gasteiger partial charge in [-0.25, -0.2) is 9.37 Å². The van der Waals surface area contributed by atoms with E-state index < -0.39 is 0 Å². The minimum atomic E-state index is -0.207. The summed E-state index contributed by atoms with van der Waals surface area (Å²) in [5.41, 5.74) is 1.11. The molecule has 8 heteroatoms. The molecular weight excluding hydrogens is 445 g/mol. The lowest BCUT2D eigenvalue weighted by Crippen LogP contribution is -2.43. The van der Waals surface area contributed by atoms with Crippen LogP contribution >= 0.6 is 23.8 Å². The Labute approximate surface area is 200 Å². The molecule has 2 heterocycles. The number of halogens is 2. The number of thiocarbonyl (C=S) groups is 1. The van der Waals surface area contributed by atoms with Crippen LogP contribution in [0, 0.1) is 5.82 Å². The molecule has 1 aromatic carbocycles. The van der Waals surface area contributed by atoms with Crippen molar-refractivity contribution in [3.63, 3.8) is 0 Å². The van der Waals surface area contributed by atoms with Crippen molar-refractivity contribution < 1.29 is 4.39 Å². The predicted molar refractivity (Wildman–Crippen MR) is 133 cm³/mol. The van der Waals surface area contributed by atoms with Gasteiger partial charge in [-0.15, -0.1) is 0 Å². The number of nitrogens with zero attached hydrogens (tertiary/aromatic N) is 3. The van der Waals surface area contributed by atoms with Crippen molar-refractivity contribution in [1.82, 2.24) is 15.3 Å². The van der Waals surface area contributed by atoms with Crippen LogP contribution in [0.3, 0.4) is 0 Å². The number of benzene rings is 1. The third-order valence-electron chi connectivity index (χ3n) is 6.86. The fourth-order valence-corrected chi connectivity index (χ4v) is 5.38. The lowest BCUT2D eigenvalue weighted by molar-refractivity contribution is 0.292. The van der Waals surface area contributed by atoms with Crippen LogP contribution < -0.4 is 15.5 Å². The van der Waals surface area contributed by atoms with E-state index in [0.29, 0.717) is 28.8 Å². The lowest BCUT2D eigenvalue weighted by Gasteiger charge is -2.38. The molecule has 2 aliphatic rings. The van der Waals surface area contributed by atoms with Gasteiger partial charge in [0, 0.05) is 30.6 Å². The second-order valence-corrected chi connectivity index (χ2v) is 9.86. The first-order valence-corrected chi connectivity index (χ1v) is 12.4. The molecule has 32 heavy (non-hydrogen) atoms. The Morgan fingerprint density at radius 3 is 2.62 bits per heavy atom. The summed E-state index contributed by atoms with van der Waals surface area (Å²) in [6.45, 7) is 3.87. The quantitative estimate of drug-likeness (QED) is 0.418. The fraction of sp³-hybridized carbons (Fsp3) is 0.542. The molecule has 1 saturated heterocycles. The highest BCUT2D eigenvalue weighted by Crippen LogP contribution is 2.39. The van der Waals surface area contributed by atoms with Crippen LogP contribution in [-0.4, -0.2) is 34.2 Å². The second kappa shape index (κ2) is 10.3. The summed E-state index contributed by atoms with van der Waals surface area (Å²) in [4.78, 5) is 11.3. The summed E-state index contributed by atoms with van der Waals surface area (Å²) in [5, 5.41) is 7.36. The average Bonchev–Trinajstić information content (AvgIpc) is 2.79. The molecule has 0 bridgehead atoms. The SMILES string of the molecule is CC1CCCCN1c1cc(Cl)nc(NC(=S)NCC2(c3ccc(F)cc3)CCCCC2)n1.